The molecule has 0 amide bonds. The number of rotatable bonds is 6. The van der Waals surface area contributed by atoms with Gasteiger partial charge in [0.15, 0.2) is 0 Å². The Morgan fingerprint density at radius 1 is 1.44 bits per heavy atom. The maximum Gasteiger partial charge on any atom is 0.0555 e. The van der Waals surface area contributed by atoms with Gasteiger partial charge in [-0.25, -0.2) is 0 Å². The van der Waals surface area contributed by atoms with Crippen LogP contribution in [0.5, 0.6) is 0 Å². The van der Waals surface area contributed by atoms with Gasteiger partial charge in [0.05, 0.1) is 6.61 Å². The molecule has 0 saturated heterocycles. The van der Waals surface area contributed by atoms with Crippen molar-refractivity contribution in [3.05, 3.63) is 23.8 Å². The molecule has 1 radical (unpaired) electrons. The topological polar surface area (TPSA) is 32.3 Å². The van der Waals surface area contributed by atoms with Crippen molar-refractivity contribution in [3.63, 3.8) is 0 Å². The summed E-state index contributed by atoms with van der Waals surface area (Å²) in [6.07, 6.45) is 11.8. The molecule has 1 aliphatic carbocycles. The summed E-state index contributed by atoms with van der Waals surface area (Å²) in [4.78, 5) is 0. The standard InChI is InChI=1S/C13H23NO.Co/c1-12(11-14-8-9-15)10-13-6-4-2-3-5-7-13;/h4,6-7,12,14-15H,2-3,5,8-11H2,1H3;. The summed E-state index contributed by atoms with van der Waals surface area (Å²) in [6.45, 7) is 4.18. The summed E-state index contributed by atoms with van der Waals surface area (Å²) < 4.78 is 0. The van der Waals surface area contributed by atoms with Crippen LogP contribution in [0, 0.1) is 5.92 Å². The van der Waals surface area contributed by atoms with Crippen molar-refractivity contribution in [2.24, 2.45) is 5.92 Å². The molecule has 0 aliphatic heterocycles. The van der Waals surface area contributed by atoms with E-state index in [2.05, 4.69) is 30.5 Å². The van der Waals surface area contributed by atoms with E-state index in [9.17, 15) is 0 Å². The minimum Gasteiger partial charge on any atom is -0.395 e. The maximum atomic E-state index is 8.65. The summed E-state index contributed by atoms with van der Waals surface area (Å²) in [7, 11) is 0. The van der Waals surface area contributed by atoms with E-state index in [0.717, 1.165) is 13.0 Å². The molecule has 0 spiro atoms. The predicted molar refractivity (Wildman–Crippen MR) is 64.8 cm³/mol. The molecule has 2 N–H and O–H groups in total. The third kappa shape index (κ3) is 7.22. The zero-order chi connectivity index (χ0) is 10.9. The first-order chi connectivity index (χ1) is 7.33. The SMILES string of the molecule is CC(CNCCO)CC1=CCCCC=C1.[Co]. The summed E-state index contributed by atoms with van der Waals surface area (Å²) in [6, 6.07) is 0. The molecule has 95 valence electrons. The molecular weight excluding hydrogens is 245 g/mol. The Labute approximate surface area is 109 Å². The molecule has 1 rings (SSSR count). The van der Waals surface area contributed by atoms with Gasteiger partial charge < -0.3 is 10.4 Å². The average Bonchev–Trinajstić information content (AvgIpc) is 2.47. The van der Waals surface area contributed by atoms with Crippen LogP contribution in [0.25, 0.3) is 0 Å². The predicted octanol–water partition coefficient (Wildman–Crippen LogP) is 2.26. The van der Waals surface area contributed by atoms with Gasteiger partial charge in [-0.05, 0) is 38.1 Å². The van der Waals surface area contributed by atoms with Gasteiger partial charge in [-0.3, -0.25) is 0 Å². The summed E-state index contributed by atoms with van der Waals surface area (Å²) in [5.74, 6) is 0.644. The number of nitrogens with one attached hydrogen (secondary N) is 1. The van der Waals surface area contributed by atoms with E-state index in [1.54, 1.807) is 0 Å². The number of aliphatic hydroxyl groups is 1. The van der Waals surface area contributed by atoms with Gasteiger partial charge in [0, 0.05) is 23.3 Å². The Kier molecular flexibility index (Phi) is 10.0. The summed E-state index contributed by atoms with van der Waals surface area (Å²) in [5.41, 5.74) is 1.48. The third-order valence-electron chi connectivity index (χ3n) is 2.68. The van der Waals surface area contributed by atoms with Crippen LogP contribution in [0.1, 0.15) is 32.6 Å². The second kappa shape index (κ2) is 10.1. The minimum atomic E-state index is 0. The summed E-state index contributed by atoms with van der Waals surface area (Å²) in [5, 5.41) is 11.9. The van der Waals surface area contributed by atoms with E-state index in [4.69, 9.17) is 5.11 Å². The van der Waals surface area contributed by atoms with Gasteiger partial charge in [-0.2, -0.15) is 0 Å². The molecule has 0 aromatic heterocycles. The van der Waals surface area contributed by atoms with Crippen molar-refractivity contribution < 1.29 is 21.9 Å². The Balaban J connectivity index is 0.00000225. The van der Waals surface area contributed by atoms with Gasteiger partial charge in [0.2, 0.25) is 0 Å². The molecular formula is C13H23CoNO. The van der Waals surface area contributed by atoms with E-state index in [1.807, 2.05) is 0 Å². The van der Waals surface area contributed by atoms with E-state index in [1.165, 1.54) is 24.8 Å². The molecule has 0 fully saturated rings. The number of aliphatic hydroxyl groups excluding tert-OH is 1. The van der Waals surface area contributed by atoms with Crippen LogP contribution in [0.4, 0.5) is 0 Å². The van der Waals surface area contributed by atoms with Crippen LogP contribution >= 0.6 is 0 Å². The first-order valence-corrected chi connectivity index (χ1v) is 6.00. The molecule has 0 heterocycles. The van der Waals surface area contributed by atoms with Crippen LogP contribution in [-0.4, -0.2) is 24.8 Å². The fraction of sp³-hybridized carbons (Fsp3) is 0.692. The molecule has 0 saturated carbocycles. The summed E-state index contributed by atoms with van der Waals surface area (Å²) >= 11 is 0. The van der Waals surface area contributed by atoms with Crippen LogP contribution in [0.15, 0.2) is 23.8 Å². The van der Waals surface area contributed by atoms with E-state index < -0.39 is 0 Å². The van der Waals surface area contributed by atoms with Crippen molar-refractivity contribution in [2.75, 3.05) is 19.7 Å². The van der Waals surface area contributed by atoms with Crippen LogP contribution in [-0.2, 0) is 16.8 Å². The molecule has 1 unspecified atom stereocenters. The van der Waals surface area contributed by atoms with Crippen molar-refractivity contribution in [2.45, 2.75) is 32.6 Å². The average molecular weight is 268 g/mol. The van der Waals surface area contributed by atoms with E-state index in [-0.39, 0.29) is 23.4 Å². The quantitative estimate of drug-likeness (QED) is 0.724. The third-order valence-corrected chi connectivity index (χ3v) is 2.68. The first-order valence-electron chi connectivity index (χ1n) is 6.00. The molecule has 1 atom stereocenters. The van der Waals surface area contributed by atoms with Crippen molar-refractivity contribution in [1.29, 1.82) is 0 Å². The number of allylic oxidation sites excluding steroid dienone is 4. The molecule has 0 aromatic rings. The second-order valence-corrected chi connectivity index (χ2v) is 4.35. The fourth-order valence-corrected chi connectivity index (χ4v) is 1.88. The molecule has 1 aliphatic rings. The zero-order valence-corrected chi connectivity index (χ0v) is 11.1. The van der Waals surface area contributed by atoms with Gasteiger partial charge in [-0.15, -0.1) is 0 Å². The molecule has 2 nitrogen and oxygen atoms in total. The Bertz CT molecular complexity index is 226. The molecule has 0 bridgehead atoms. The van der Waals surface area contributed by atoms with Crippen molar-refractivity contribution in [1.82, 2.24) is 5.32 Å². The Morgan fingerprint density at radius 3 is 3.00 bits per heavy atom. The molecule has 16 heavy (non-hydrogen) atoms. The van der Waals surface area contributed by atoms with Crippen LogP contribution in [0.2, 0.25) is 0 Å². The van der Waals surface area contributed by atoms with E-state index in [0.29, 0.717) is 12.5 Å². The van der Waals surface area contributed by atoms with Gasteiger partial charge >= 0.3 is 0 Å². The van der Waals surface area contributed by atoms with Crippen molar-refractivity contribution >= 4 is 0 Å². The van der Waals surface area contributed by atoms with Crippen LogP contribution in [0.3, 0.4) is 0 Å². The maximum absolute atomic E-state index is 8.65. The molecule has 0 aromatic carbocycles. The zero-order valence-electron chi connectivity index (χ0n) is 10.0. The number of hydrogen-bond acceptors (Lipinski definition) is 2. The second-order valence-electron chi connectivity index (χ2n) is 4.35. The normalized spacial score (nSPS) is 17.2. The number of hydrogen-bond donors (Lipinski definition) is 2. The van der Waals surface area contributed by atoms with Gasteiger partial charge in [-0.1, -0.05) is 30.7 Å². The fourth-order valence-electron chi connectivity index (χ4n) is 1.88. The monoisotopic (exact) mass is 268 g/mol. The Morgan fingerprint density at radius 2 is 2.25 bits per heavy atom. The minimum absolute atomic E-state index is 0. The van der Waals surface area contributed by atoms with E-state index >= 15 is 0 Å². The molecule has 3 heteroatoms. The van der Waals surface area contributed by atoms with Crippen LogP contribution < -0.4 is 5.32 Å². The van der Waals surface area contributed by atoms with Crippen molar-refractivity contribution in [3.8, 4) is 0 Å². The smallest absolute Gasteiger partial charge is 0.0555 e. The first kappa shape index (κ1) is 15.9. The Hall–Kier alpha value is -0.0935. The van der Waals surface area contributed by atoms with Gasteiger partial charge in [0.1, 0.15) is 0 Å². The largest absolute Gasteiger partial charge is 0.395 e. The van der Waals surface area contributed by atoms with Gasteiger partial charge in [0.25, 0.3) is 0 Å².